The second-order valence-electron chi connectivity index (χ2n) is 2.49. The predicted molar refractivity (Wildman–Crippen MR) is 45.2 cm³/mol. The third-order valence-electron chi connectivity index (χ3n) is 1.57. The molecule has 0 rings (SSSR count). The summed E-state index contributed by atoms with van der Waals surface area (Å²) in [5.74, 6) is -0.837. The number of allylic oxidation sites excluding steroid dienone is 1. The van der Waals surface area contributed by atoms with Crippen LogP contribution in [0.25, 0.3) is 0 Å². The standard InChI is InChI=1S/C9H15O2/c1-3-5-6-7-8(4-2)9(10)11/h4H,2-3,5-7H2,1H3,(H,10,11)/b8-4-. The van der Waals surface area contributed by atoms with Crippen molar-refractivity contribution in [3.05, 3.63) is 18.6 Å². The van der Waals surface area contributed by atoms with Crippen LogP contribution in [-0.4, -0.2) is 11.1 Å². The normalized spacial score (nSPS) is 11.6. The average molecular weight is 155 g/mol. The summed E-state index contributed by atoms with van der Waals surface area (Å²) in [6.45, 7) is 5.53. The first kappa shape index (κ1) is 10.2. The van der Waals surface area contributed by atoms with Crippen LogP contribution in [0.5, 0.6) is 0 Å². The van der Waals surface area contributed by atoms with Gasteiger partial charge in [0.25, 0.3) is 0 Å². The van der Waals surface area contributed by atoms with E-state index in [0.29, 0.717) is 12.0 Å². The number of hydrogen-bond donors (Lipinski definition) is 1. The van der Waals surface area contributed by atoms with Gasteiger partial charge in [-0.1, -0.05) is 25.8 Å². The summed E-state index contributed by atoms with van der Waals surface area (Å²) in [5, 5.41) is 8.56. The van der Waals surface area contributed by atoms with Crippen molar-refractivity contribution < 1.29 is 9.90 Å². The average Bonchev–Trinajstić information content (AvgIpc) is 1.97. The molecule has 0 aliphatic heterocycles. The Kier molecular flexibility index (Phi) is 5.53. The lowest BCUT2D eigenvalue weighted by molar-refractivity contribution is -0.132. The van der Waals surface area contributed by atoms with Gasteiger partial charge in [0.1, 0.15) is 0 Å². The van der Waals surface area contributed by atoms with Gasteiger partial charge in [-0.2, -0.15) is 0 Å². The van der Waals surface area contributed by atoms with Crippen molar-refractivity contribution in [2.75, 3.05) is 0 Å². The van der Waals surface area contributed by atoms with Crippen LogP contribution in [0.1, 0.15) is 32.6 Å². The molecular weight excluding hydrogens is 140 g/mol. The third-order valence-corrected chi connectivity index (χ3v) is 1.57. The van der Waals surface area contributed by atoms with Crippen LogP contribution in [0.4, 0.5) is 0 Å². The second-order valence-corrected chi connectivity index (χ2v) is 2.49. The molecule has 0 aromatic carbocycles. The number of carboxylic acids is 1. The van der Waals surface area contributed by atoms with Gasteiger partial charge >= 0.3 is 5.97 Å². The summed E-state index contributed by atoms with van der Waals surface area (Å²) in [5.41, 5.74) is 0.429. The lowest BCUT2D eigenvalue weighted by atomic mass is 10.1. The quantitative estimate of drug-likeness (QED) is 0.489. The van der Waals surface area contributed by atoms with E-state index in [1.807, 2.05) is 0 Å². The van der Waals surface area contributed by atoms with Crippen molar-refractivity contribution in [3.63, 3.8) is 0 Å². The van der Waals surface area contributed by atoms with E-state index in [2.05, 4.69) is 13.8 Å². The maximum atomic E-state index is 10.4. The van der Waals surface area contributed by atoms with Crippen LogP contribution in [0, 0.1) is 6.92 Å². The lowest BCUT2D eigenvalue weighted by Gasteiger charge is -1.99. The van der Waals surface area contributed by atoms with Crippen LogP contribution < -0.4 is 0 Å². The van der Waals surface area contributed by atoms with Crippen molar-refractivity contribution in [3.8, 4) is 0 Å². The first-order valence-corrected chi connectivity index (χ1v) is 3.94. The Hall–Kier alpha value is -0.790. The largest absolute Gasteiger partial charge is 0.478 e. The van der Waals surface area contributed by atoms with E-state index in [9.17, 15) is 4.79 Å². The van der Waals surface area contributed by atoms with E-state index in [0.717, 1.165) is 19.3 Å². The molecule has 2 heteroatoms. The first-order chi connectivity index (χ1) is 5.22. The Balaban J connectivity index is 3.63. The van der Waals surface area contributed by atoms with Gasteiger partial charge in [-0.05, 0) is 19.8 Å². The minimum atomic E-state index is -0.837. The minimum absolute atomic E-state index is 0.429. The monoisotopic (exact) mass is 155 g/mol. The van der Waals surface area contributed by atoms with Gasteiger partial charge in [0.2, 0.25) is 0 Å². The van der Waals surface area contributed by atoms with Crippen LogP contribution in [-0.2, 0) is 4.79 Å². The van der Waals surface area contributed by atoms with Crippen LogP contribution in [0.2, 0.25) is 0 Å². The van der Waals surface area contributed by atoms with Gasteiger partial charge in [-0.3, -0.25) is 0 Å². The minimum Gasteiger partial charge on any atom is -0.478 e. The summed E-state index contributed by atoms with van der Waals surface area (Å²) in [6, 6.07) is 0. The molecule has 0 saturated carbocycles. The van der Waals surface area contributed by atoms with E-state index in [4.69, 9.17) is 5.11 Å². The number of aliphatic carboxylic acids is 1. The maximum absolute atomic E-state index is 10.4. The van der Waals surface area contributed by atoms with E-state index in [-0.39, 0.29) is 0 Å². The van der Waals surface area contributed by atoms with Gasteiger partial charge < -0.3 is 5.11 Å². The number of unbranched alkanes of at least 4 members (excludes halogenated alkanes) is 2. The van der Waals surface area contributed by atoms with Crippen molar-refractivity contribution in [2.45, 2.75) is 32.6 Å². The highest BCUT2D eigenvalue weighted by molar-refractivity contribution is 5.86. The zero-order chi connectivity index (χ0) is 8.69. The molecule has 1 radical (unpaired) electrons. The van der Waals surface area contributed by atoms with Gasteiger partial charge in [0.05, 0.1) is 0 Å². The fraction of sp³-hybridized carbons (Fsp3) is 0.556. The molecule has 0 atom stereocenters. The van der Waals surface area contributed by atoms with Crippen molar-refractivity contribution in [2.24, 2.45) is 0 Å². The Morgan fingerprint density at radius 1 is 1.55 bits per heavy atom. The van der Waals surface area contributed by atoms with Crippen molar-refractivity contribution in [1.82, 2.24) is 0 Å². The molecule has 0 unspecified atom stereocenters. The number of carboxylic acid groups (broad SMARTS) is 1. The second kappa shape index (κ2) is 5.96. The Bertz CT molecular complexity index is 148. The summed E-state index contributed by atoms with van der Waals surface area (Å²) in [6.07, 6.45) is 5.23. The van der Waals surface area contributed by atoms with Gasteiger partial charge in [-0.25, -0.2) is 4.79 Å². The number of carbonyl (C=O) groups is 1. The van der Waals surface area contributed by atoms with Crippen molar-refractivity contribution in [1.29, 1.82) is 0 Å². The Morgan fingerprint density at radius 2 is 2.18 bits per heavy atom. The van der Waals surface area contributed by atoms with Crippen LogP contribution in [0.3, 0.4) is 0 Å². The summed E-state index contributed by atoms with van der Waals surface area (Å²) in [4.78, 5) is 10.4. The summed E-state index contributed by atoms with van der Waals surface area (Å²) in [7, 11) is 0. The smallest absolute Gasteiger partial charge is 0.331 e. The molecule has 0 aromatic rings. The molecule has 0 fully saturated rings. The predicted octanol–water partition coefficient (Wildman–Crippen LogP) is 2.41. The SMILES string of the molecule is [CH2]/C=C(/CCCCC)C(=O)O. The topological polar surface area (TPSA) is 37.3 Å². The van der Waals surface area contributed by atoms with E-state index < -0.39 is 5.97 Å². The molecule has 0 bridgehead atoms. The Morgan fingerprint density at radius 3 is 2.55 bits per heavy atom. The number of rotatable bonds is 5. The highest BCUT2D eigenvalue weighted by Crippen LogP contribution is 2.08. The molecule has 0 aliphatic carbocycles. The molecule has 0 aromatic heterocycles. The maximum Gasteiger partial charge on any atom is 0.331 e. The van der Waals surface area contributed by atoms with Gasteiger partial charge in [0.15, 0.2) is 0 Å². The number of hydrogen-bond acceptors (Lipinski definition) is 1. The van der Waals surface area contributed by atoms with Gasteiger partial charge in [0, 0.05) is 5.57 Å². The zero-order valence-corrected chi connectivity index (χ0v) is 6.97. The molecule has 2 nitrogen and oxygen atoms in total. The molecule has 0 spiro atoms. The molecule has 0 heterocycles. The highest BCUT2D eigenvalue weighted by atomic mass is 16.4. The summed E-state index contributed by atoms with van der Waals surface area (Å²) < 4.78 is 0. The summed E-state index contributed by atoms with van der Waals surface area (Å²) >= 11 is 0. The molecule has 11 heavy (non-hydrogen) atoms. The van der Waals surface area contributed by atoms with Crippen LogP contribution >= 0.6 is 0 Å². The van der Waals surface area contributed by atoms with E-state index in [1.165, 1.54) is 6.08 Å². The fourth-order valence-corrected chi connectivity index (χ4v) is 0.862. The van der Waals surface area contributed by atoms with E-state index in [1.54, 1.807) is 0 Å². The molecule has 0 saturated heterocycles. The highest BCUT2D eigenvalue weighted by Gasteiger charge is 2.03. The molecule has 0 amide bonds. The molecular formula is C9H15O2. The fourth-order valence-electron chi connectivity index (χ4n) is 0.862. The first-order valence-electron chi connectivity index (χ1n) is 3.94. The zero-order valence-electron chi connectivity index (χ0n) is 6.97. The van der Waals surface area contributed by atoms with Crippen LogP contribution in [0.15, 0.2) is 11.6 Å². The third kappa shape index (κ3) is 4.59. The molecule has 63 valence electrons. The molecule has 1 N–H and O–H groups in total. The lowest BCUT2D eigenvalue weighted by Crippen LogP contribution is -1.99. The van der Waals surface area contributed by atoms with Crippen molar-refractivity contribution >= 4 is 5.97 Å². The Labute approximate surface area is 67.9 Å². The molecule has 0 aliphatic rings. The van der Waals surface area contributed by atoms with Gasteiger partial charge in [-0.15, -0.1) is 0 Å². The van der Waals surface area contributed by atoms with E-state index >= 15 is 0 Å².